The fourth-order valence-electron chi connectivity index (χ4n) is 6.88. The molecule has 1 amide bonds. The van der Waals surface area contributed by atoms with Crippen LogP contribution in [0, 0.1) is 29.6 Å². The summed E-state index contributed by atoms with van der Waals surface area (Å²) in [5.74, 6) is 4.90. The summed E-state index contributed by atoms with van der Waals surface area (Å²) in [6.45, 7) is 5.77. The van der Waals surface area contributed by atoms with Gasteiger partial charge in [0.2, 0.25) is 5.91 Å². The number of piperazine rings is 1. The molecular formula is C20H32N2O2. The summed E-state index contributed by atoms with van der Waals surface area (Å²) < 4.78 is 5.42. The zero-order valence-electron chi connectivity index (χ0n) is 14.9. The highest BCUT2D eigenvalue weighted by Gasteiger charge is 2.50. The third-order valence-corrected chi connectivity index (χ3v) is 7.75. The minimum atomic E-state index is 0.371. The quantitative estimate of drug-likeness (QED) is 0.795. The summed E-state index contributed by atoms with van der Waals surface area (Å²) in [5.41, 5.74) is 0. The first kappa shape index (κ1) is 15.6. The predicted octanol–water partition coefficient (Wildman–Crippen LogP) is 2.38. The number of ether oxygens (including phenoxy) is 1. The second kappa shape index (κ2) is 6.28. The molecule has 0 aromatic rings. The lowest BCUT2D eigenvalue weighted by molar-refractivity contribution is -0.136. The van der Waals surface area contributed by atoms with Gasteiger partial charge in [0.1, 0.15) is 0 Å². The molecule has 2 heterocycles. The molecule has 4 saturated carbocycles. The van der Waals surface area contributed by atoms with Crippen LogP contribution in [0.25, 0.3) is 0 Å². The number of rotatable bonds is 3. The van der Waals surface area contributed by atoms with E-state index >= 15 is 0 Å². The molecule has 2 aliphatic heterocycles. The monoisotopic (exact) mass is 332 g/mol. The van der Waals surface area contributed by atoms with Gasteiger partial charge >= 0.3 is 0 Å². The van der Waals surface area contributed by atoms with Gasteiger partial charge in [0, 0.05) is 51.9 Å². The Morgan fingerprint density at radius 3 is 2.17 bits per heavy atom. The molecule has 0 unspecified atom stereocenters. The largest absolute Gasteiger partial charge is 0.381 e. The molecule has 4 aliphatic carbocycles. The van der Waals surface area contributed by atoms with Crippen molar-refractivity contribution in [1.82, 2.24) is 9.80 Å². The standard InChI is InChI=1S/C20H32N2O2/c23-19(12-14-1-6-24-13-14)21-2-4-22(5-3-21)20-17-8-15-7-16(10-17)11-18(20)9-15/h14-18,20H,1-13H2/t14-,15?,16?,17?,18?,20?/m1/s1. The number of nitrogens with zero attached hydrogens (tertiary/aromatic N) is 2. The molecule has 4 heteroatoms. The Kier molecular flexibility index (Phi) is 4.09. The SMILES string of the molecule is O=C(C[C@H]1CCOC1)N1CCN(C2C3CC4CC(C3)CC2C4)CC1. The average molecular weight is 332 g/mol. The van der Waals surface area contributed by atoms with Crippen LogP contribution >= 0.6 is 0 Å². The van der Waals surface area contributed by atoms with Crippen LogP contribution in [-0.2, 0) is 9.53 Å². The predicted molar refractivity (Wildman–Crippen MR) is 92.5 cm³/mol. The Hall–Kier alpha value is -0.610. The van der Waals surface area contributed by atoms with Crippen LogP contribution in [0.1, 0.15) is 44.9 Å². The smallest absolute Gasteiger partial charge is 0.223 e. The molecule has 134 valence electrons. The summed E-state index contributed by atoms with van der Waals surface area (Å²) in [6, 6.07) is 0.846. The van der Waals surface area contributed by atoms with Crippen molar-refractivity contribution in [2.45, 2.75) is 51.0 Å². The molecule has 1 atom stereocenters. The van der Waals surface area contributed by atoms with E-state index in [4.69, 9.17) is 4.74 Å². The lowest BCUT2D eigenvalue weighted by atomic mass is 9.54. The number of amides is 1. The van der Waals surface area contributed by atoms with Crippen molar-refractivity contribution in [1.29, 1.82) is 0 Å². The van der Waals surface area contributed by atoms with E-state index in [0.717, 1.165) is 75.5 Å². The number of carbonyl (C=O) groups is 1. The van der Waals surface area contributed by atoms with Crippen molar-refractivity contribution in [3.05, 3.63) is 0 Å². The van der Waals surface area contributed by atoms with Crippen molar-refractivity contribution in [3.63, 3.8) is 0 Å². The topological polar surface area (TPSA) is 32.8 Å². The maximum atomic E-state index is 12.5. The minimum absolute atomic E-state index is 0.371. The van der Waals surface area contributed by atoms with Gasteiger partial charge in [-0.1, -0.05) is 0 Å². The van der Waals surface area contributed by atoms with E-state index in [0.29, 0.717) is 18.2 Å². The maximum absolute atomic E-state index is 12.5. The molecule has 0 radical (unpaired) electrons. The van der Waals surface area contributed by atoms with Gasteiger partial charge in [0.25, 0.3) is 0 Å². The Morgan fingerprint density at radius 1 is 0.917 bits per heavy atom. The molecule has 0 N–H and O–H groups in total. The third-order valence-electron chi connectivity index (χ3n) is 7.75. The van der Waals surface area contributed by atoms with Gasteiger partial charge in [-0.25, -0.2) is 0 Å². The molecular weight excluding hydrogens is 300 g/mol. The summed E-state index contributed by atoms with van der Waals surface area (Å²) in [5, 5.41) is 0. The number of hydrogen-bond acceptors (Lipinski definition) is 3. The fraction of sp³-hybridized carbons (Fsp3) is 0.950. The first-order chi connectivity index (χ1) is 11.8. The van der Waals surface area contributed by atoms with Crippen LogP contribution in [-0.4, -0.2) is 61.1 Å². The molecule has 0 spiro atoms. The highest BCUT2D eigenvalue weighted by molar-refractivity contribution is 5.76. The van der Waals surface area contributed by atoms with E-state index in [9.17, 15) is 4.79 Å². The van der Waals surface area contributed by atoms with Gasteiger partial charge < -0.3 is 9.64 Å². The number of hydrogen-bond donors (Lipinski definition) is 0. The highest BCUT2D eigenvalue weighted by atomic mass is 16.5. The van der Waals surface area contributed by atoms with E-state index in [2.05, 4.69) is 9.80 Å². The molecule has 0 aromatic heterocycles. The van der Waals surface area contributed by atoms with Gasteiger partial charge in [-0.05, 0) is 68.1 Å². The summed E-state index contributed by atoms with van der Waals surface area (Å²) in [4.78, 5) is 17.4. The maximum Gasteiger partial charge on any atom is 0.223 e. The highest BCUT2D eigenvalue weighted by Crippen LogP contribution is 2.55. The summed E-state index contributed by atoms with van der Waals surface area (Å²) >= 11 is 0. The van der Waals surface area contributed by atoms with E-state index in [1.807, 2.05) is 0 Å². The zero-order chi connectivity index (χ0) is 16.1. The van der Waals surface area contributed by atoms with Crippen LogP contribution in [0.2, 0.25) is 0 Å². The summed E-state index contributed by atoms with van der Waals surface area (Å²) in [6.07, 6.45) is 9.30. The van der Waals surface area contributed by atoms with Gasteiger partial charge in [0.15, 0.2) is 0 Å². The van der Waals surface area contributed by atoms with Gasteiger partial charge in [0.05, 0.1) is 0 Å². The van der Waals surface area contributed by atoms with Crippen molar-refractivity contribution >= 4 is 5.91 Å². The second-order valence-electron chi connectivity index (χ2n) is 9.27. The molecule has 6 rings (SSSR count). The van der Waals surface area contributed by atoms with E-state index in [1.54, 1.807) is 0 Å². The van der Waals surface area contributed by atoms with Crippen LogP contribution in [0.3, 0.4) is 0 Å². The van der Waals surface area contributed by atoms with Crippen molar-refractivity contribution < 1.29 is 9.53 Å². The Morgan fingerprint density at radius 2 is 1.58 bits per heavy atom. The van der Waals surface area contributed by atoms with E-state index in [-0.39, 0.29) is 0 Å². The van der Waals surface area contributed by atoms with Gasteiger partial charge in [-0.3, -0.25) is 9.69 Å². The Balaban J connectivity index is 1.16. The Labute approximate surface area is 145 Å². The zero-order valence-corrected chi connectivity index (χ0v) is 14.9. The third kappa shape index (κ3) is 2.80. The van der Waals surface area contributed by atoms with Crippen LogP contribution in [0.15, 0.2) is 0 Å². The first-order valence-corrected chi connectivity index (χ1v) is 10.4. The molecule has 0 aromatic carbocycles. The van der Waals surface area contributed by atoms with Gasteiger partial charge in [-0.15, -0.1) is 0 Å². The van der Waals surface area contributed by atoms with Crippen LogP contribution in [0.4, 0.5) is 0 Å². The molecule has 6 fully saturated rings. The molecule has 4 bridgehead atoms. The normalized spacial score (nSPS) is 45.1. The minimum Gasteiger partial charge on any atom is -0.381 e. The number of carbonyl (C=O) groups excluding carboxylic acids is 1. The van der Waals surface area contributed by atoms with Crippen LogP contribution in [0.5, 0.6) is 0 Å². The average Bonchev–Trinajstić information content (AvgIpc) is 3.07. The van der Waals surface area contributed by atoms with Crippen molar-refractivity contribution in [2.75, 3.05) is 39.4 Å². The Bertz CT molecular complexity index is 452. The van der Waals surface area contributed by atoms with Gasteiger partial charge in [-0.2, -0.15) is 0 Å². The lowest BCUT2D eigenvalue weighted by Gasteiger charge is -2.58. The van der Waals surface area contributed by atoms with Crippen LogP contribution < -0.4 is 0 Å². The van der Waals surface area contributed by atoms with E-state index in [1.165, 1.54) is 32.1 Å². The van der Waals surface area contributed by atoms with E-state index < -0.39 is 0 Å². The molecule has 4 nitrogen and oxygen atoms in total. The summed E-state index contributed by atoms with van der Waals surface area (Å²) in [7, 11) is 0. The fourth-order valence-corrected chi connectivity index (χ4v) is 6.88. The van der Waals surface area contributed by atoms with Crippen molar-refractivity contribution in [3.8, 4) is 0 Å². The lowest BCUT2D eigenvalue weighted by Crippen LogP contribution is -2.60. The molecule has 6 aliphatic rings. The molecule has 24 heavy (non-hydrogen) atoms. The van der Waals surface area contributed by atoms with Crippen molar-refractivity contribution in [2.24, 2.45) is 29.6 Å². The second-order valence-corrected chi connectivity index (χ2v) is 9.27. The molecule has 2 saturated heterocycles. The first-order valence-electron chi connectivity index (χ1n) is 10.4.